The maximum atomic E-state index is 11.6. The summed E-state index contributed by atoms with van der Waals surface area (Å²) in [5.74, 6) is 0. The van der Waals surface area contributed by atoms with Gasteiger partial charge in [0.1, 0.15) is 0 Å². The summed E-state index contributed by atoms with van der Waals surface area (Å²) in [6.45, 7) is 3.36. The molecule has 1 unspecified atom stereocenters. The SMILES string of the molecule is N=CCC(C=O)(OC1CCCC1)N1CCNCC1. The summed E-state index contributed by atoms with van der Waals surface area (Å²) < 4.78 is 6.11. The van der Waals surface area contributed by atoms with Crippen LogP contribution in [0.15, 0.2) is 0 Å². The Morgan fingerprint density at radius 2 is 2.00 bits per heavy atom. The molecule has 0 spiro atoms. The van der Waals surface area contributed by atoms with Crippen molar-refractivity contribution in [2.75, 3.05) is 26.2 Å². The number of hydrogen-bond donors (Lipinski definition) is 2. The van der Waals surface area contributed by atoms with E-state index in [1.807, 2.05) is 0 Å². The first-order valence-corrected chi connectivity index (χ1v) is 6.89. The highest BCUT2D eigenvalue weighted by atomic mass is 16.5. The molecule has 5 nitrogen and oxygen atoms in total. The quantitative estimate of drug-likeness (QED) is 0.542. The molecule has 5 heteroatoms. The fourth-order valence-corrected chi connectivity index (χ4v) is 2.89. The van der Waals surface area contributed by atoms with Gasteiger partial charge in [-0.15, -0.1) is 0 Å². The molecule has 0 amide bonds. The molecule has 2 fully saturated rings. The lowest BCUT2D eigenvalue weighted by molar-refractivity contribution is -0.181. The van der Waals surface area contributed by atoms with Crippen molar-refractivity contribution in [3.8, 4) is 0 Å². The van der Waals surface area contributed by atoms with Crippen LogP contribution in [0.5, 0.6) is 0 Å². The molecular formula is C13H23N3O2. The van der Waals surface area contributed by atoms with Gasteiger partial charge in [0, 0.05) is 32.6 Å². The number of piperazine rings is 1. The molecular weight excluding hydrogens is 230 g/mol. The lowest BCUT2D eigenvalue weighted by Gasteiger charge is -2.42. The van der Waals surface area contributed by atoms with Crippen molar-refractivity contribution in [3.05, 3.63) is 0 Å². The topological polar surface area (TPSA) is 65.4 Å². The van der Waals surface area contributed by atoms with Crippen LogP contribution in [0.3, 0.4) is 0 Å². The average Bonchev–Trinajstić information content (AvgIpc) is 2.92. The fourth-order valence-electron chi connectivity index (χ4n) is 2.89. The number of hydrogen-bond acceptors (Lipinski definition) is 5. The standard InChI is InChI=1S/C13H23N3O2/c14-6-5-13(11-17,16-9-7-15-8-10-16)18-12-3-1-2-4-12/h6,11-12,14-15H,1-5,7-10H2. The Hall–Kier alpha value is -0.780. The van der Waals surface area contributed by atoms with Gasteiger partial charge in [-0.2, -0.15) is 0 Å². The predicted molar refractivity (Wildman–Crippen MR) is 70.0 cm³/mol. The van der Waals surface area contributed by atoms with E-state index in [2.05, 4.69) is 10.2 Å². The average molecular weight is 253 g/mol. The summed E-state index contributed by atoms with van der Waals surface area (Å²) in [4.78, 5) is 13.7. The van der Waals surface area contributed by atoms with Gasteiger partial charge in [-0.3, -0.25) is 9.69 Å². The van der Waals surface area contributed by atoms with Crippen molar-refractivity contribution in [2.24, 2.45) is 0 Å². The first kappa shape index (κ1) is 13.6. The summed E-state index contributed by atoms with van der Waals surface area (Å²) in [6, 6.07) is 0. The third-order valence-corrected chi connectivity index (χ3v) is 3.90. The van der Waals surface area contributed by atoms with Crippen molar-refractivity contribution < 1.29 is 9.53 Å². The van der Waals surface area contributed by atoms with Crippen LogP contribution in [0, 0.1) is 5.41 Å². The highest BCUT2D eigenvalue weighted by Gasteiger charge is 2.40. The number of nitrogens with one attached hydrogen (secondary N) is 2. The molecule has 1 aliphatic heterocycles. The van der Waals surface area contributed by atoms with Crippen LogP contribution in [-0.2, 0) is 9.53 Å². The first-order valence-electron chi connectivity index (χ1n) is 6.89. The second kappa shape index (κ2) is 6.41. The van der Waals surface area contributed by atoms with Crippen molar-refractivity contribution in [3.63, 3.8) is 0 Å². The number of aldehydes is 1. The van der Waals surface area contributed by atoms with Gasteiger partial charge in [-0.25, -0.2) is 0 Å². The number of nitrogens with zero attached hydrogens (tertiary/aromatic N) is 1. The molecule has 1 saturated carbocycles. The molecule has 0 aromatic carbocycles. The van der Waals surface area contributed by atoms with Gasteiger partial charge >= 0.3 is 0 Å². The normalized spacial score (nSPS) is 25.8. The molecule has 0 radical (unpaired) electrons. The summed E-state index contributed by atoms with van der Waals surface area (Å²) in [5, 5.41) is 10.6. The number of ether oxygens (including phenoxy) is 1. The Morgan fingerprint density at radius 1 is 1.33 bits per heavy atom. The van der Waals surface area contributed by atoms with Crippen LogP contribution in [0.2, 0.25) is 0 Å². The van der Waals surface area contributed by atoms with Gasteiger partial charge in [0.2, 0.25) is 0 Å². The summed E-state index contributed by atoms with van der Waals surface area (Å²) >= 11 is 0. The van der Waals surface area contributed by atoms with Gasteiger partial charge < -0.3 is 15.5 Å². The molecule has 1 atom stereocenters. The van der Waals surface area contributed by atoms with Crippen LogP contribution in [0.1, 0.15) is 32.1 Å². The molecule has 2 rings (SSSR count). The Balaban J connectivity index is 2.08. The van der Waals surface area contributed by atoms with E-state index >= 15 is 0 Å². The lowest BCUT2D eigenvalue weighted by Crippen LogP contribution is -2.59. The van der Waals surface area contributed by atoms with E-state index in [0.717, 1.165) is 45.3 Å². The van der Waals surface area contributed by atoms with Crippen LogP contribution < -0.4 is 5.32 Å². The molecule has 18 heavy (non-hydrogen) atoms. The maximum absolute atomic E-state index is 11.6. The summed E-state index contributed by atoms with van der Waals surface area (Å²) in [5.41, 5.74) is -0.904. The zero-order valence-electron chi connectivity index (χ0n) is 10.9. The minimum absolute atomic E-state index is 0.185. The molecule has 1 aliphatic carbocycles. The van der Waals surface area contributed by atoms with Crippen LogP contribution in [0.4, 0.5) is 0 Å². The molecule has 102 valence electrons. The van der Waals surface area contributed by atoms with E-state index in [-0.39, 0.29) is 6.10 Å². The van der Waals surface area contributed by atoms with E-state index < -0.39 is 5.72 Å². The zero-order valence-corrected chi connectivity index (χ0v) is 10.9. The van der Waals surface area contributed by atoms with Gasteiger partial charge in [0.25, 0.3) is 0 Å². The van der Waals surface area contributed by atoms with E-state index in [9.17, 15) is 4.79 Å². The predicted octanol–water partition coefficient (Wildman–Crippen LogP) is 0.786. The van der Waals surface area contributed by atoms with Crippen LogP contribution >= 0.6 is 0 Å². The Morgan fingerprint density at radius 3 is 2.56 bits per heavy atom. The van der Waals surface area contributed by atoms with Crippen molar-refractivity contribution in [1.82, 2.24) is 10.2 Å². The van der Waals surface area contributed by atoms with E-state index in [1.165, 1.54) is 19.1 Å². The monoisotopic (exact) mass is 253 g/mol. The van der Waals surface area contributed by atoms with Gasteiger partial charge in [0.15, 0.2) is 12.0 Å². The van der Waals surface area contributed by atoms with E-state index in [1.54, 1.807) is 0 Å². The number of carbonyl (C=O) groups is 1. The number of carbonyl (C=O) groups excluding carboxylic acids is 1. The minimum atomic E-state index is -0.904. The molecule has 2 aliphatic rings. The second-order valence-electron chi connectivity index (χ2n) is 5.13. The molecule has 0 bridgehead atoms. The van der Waals surface area contributed by atoms with E-state index in [0.29, 0.717) is 6.42 Å². The summed E-state index contributed by atoms with van der Waals surface area (Å²) in [7, 11) is 0. The maximum Gasteiger partial charge on any atom is 0.183 e. The zero-order chi connectivity index (χ0) is 12.8. The summed E-state index contributed by atoms with van der Waals surface area (Å²) in [6.07, 6.45) is 7.20. The second-order valence-corrected chi connectivity index (χ2v) is 5.13. The third kappa shape index (κ3) is 2.96. The van der Waals surface area contributed by atoms with Crippen molar-refractivity contribution in [2.45, 2.75) is 43.9 Å². The van der Waals surface area contributed by atoms with E-state index in [4.69, 9.17) is 10.1 Å². The fraction of sp³-hybridized carbons (Fsp3) is 0.846. The van der Waals surface area contributed by atoms with Crippen LogP contribution in [0.25, 0.3) is 0 Å². The highest BCUT2D eigenvalue weighted by molar-refractivity contribution is 5.70. The van der Waals surface area contributed by atoms with Crippen LogP contribution in [-0.4, -0.2) is 55.4 Å². The van der Waals surface area contributed by atoms with Crippen molar-refractivity contribution >= 4 is 12.5 Å². The van der Waals surface area contributed by atoms with Gasteiger partial charge in [-0.05, 0) is 19.1 Å². The smallest absolute Gasteiger partial charge is 0.183 e. The van der Waals surface area contributed by atoms with Gasteiger partial charge in [0.05, 0.1) is 6.10 Å². The minimum Gasteiger partial charge on any atom is -0.350 e. The first-order chi connectivity index (χ1) is 8.80. The molecule has 0 aromatic rings. The largest absolute Gasteiger partial charge is 0.350 e. The van der Waals surface area contributed by atoms with Gasteiger partial charge in [-0.1, -0.05) is 12.8 Å². The molecule has 1 saturated heterocycles. The molecule has 1 heterocycles. The third-order valence-electron chi connectivity index (χ3n) is 3.90. The Labute approximate surface area is 108 Å². The number of rotatable bonds is 6. The lowest BCUT2D eigenvalue weighted by atomic mass is 10.1. The van der Waals surface area contributed by atoms with Crippen molar-refractivity contribution in [1.29, 1.82) is 5.41 Å². The Kier molecular flexibility index (Phi) is 4.86. The highest BCUT2D eigenvalue weighted by Crippen LogP contribution is 2.29. The Bertz CT molecular complexity index is 286. The molecule has 0 aromatic heterocycles. The molecule has 2 N–H and O–H groups in total.